The fraction of sp³-hybridized carbons (Fsp3) is 0.235. The fourth-order valence-electron chi connectivity index (χ4n) is 2.60. The summed E-state index contributed by atoms with van der Waals surface area (Å²) in [5.74, 6) is -1.23. The molecule has 0 fully saturated rings. The van der Waals surface area contributed by atoms with Gasteiger partial charge in [-0.05, 0) is 17.0 Å². The molecule has 0 spiro atoms. The molecule has 1 aromatic carbocycles. The normalized spacial score (nSPS) is 17.1. The van der Waals surface area contributed by atoms with Gasteiger partial charge in [0.1, 0.15) is 0 Å². The van der Waals surface area contributed by atoms with E-state index in [2.05, 4.69) is 5.10 Å². The summed E-state index contributed by atoms with van der Waals surface area (Å²) in [5.41, 5.74) is 1.88. The lowest BCUT2D eigenvalue weighted by molar-refractivity contribution is -0.141. The van der Waals surface area contributed by atoms with E-state index in [-0.39, 0.29) is 24.8 Å². The van der Waals surface area contributed by atoms with Crippen LogP contribution in [0.4, 0.5) is 0 Å². The van der Waals surface area contributed by atoms with E-state index in [0.717, 1.165) is 16.2 Å². The van der Waals surface area contributed by atoms with Gasteiger partial charge in [0.25, 0.3) is 0 Å². The molecule has 0 unspecified atom stereocenters. The van der Waals surface area contributed by atoms with Crippen LogP contribution in [0.25, 0.3) is 0 Å². The summed E-state index contributed by atoms with van der Waals surface area (Å²) in [5, 5.41) is 16.7. The molecule has 1 aliphatic rings. The van der Waals surface area contributed by atoms with Crippen molar-refractivity contribution in [3.63, 3.8) is 0 Å². The molecule has 1 amide bonds. The first-order valence-electron chi connectivity index (χ1n) is 7.35. The number of thiophene rings is 1. The highest BCUT2D eigenvalue weighted by atomic mass is 32.1. The van der Waals surface area contributed by atoms with Crippen LogP contribution < -0.4 is 0 Å². The van der Waals surface area contributed by atoms with Gasteiger partial charge >= 0.3 is 5.97 Å². The number of carboxylic acid groups (broad SMARTS) is 1. The summed E-state index contributed by atoms with van der Waals surface area (Å²) in [6, 6.07) is 13.5. The maximum Gasteiger partial charge on any atom is 0.303 e. The van der Waals surface area contributed by atoms with Gasteiger partial charge in [-0.3, -0.25) is 9.59 Å². The molecule has 0 saturated heterocycles. The Bertz CT molecular complexity index is 726. The summed E-state index contributed by atoms with van der Waals surface area (Å²) in [6.45, 7) is 0. The molecule has 1 atom stereocenters. The van der Waals surface area contributed by atoms with E-state index in [1.165, 1.54) is 5.01 Å². The number of nitrogens with zero attached hydrogens (tertiary/aromatic N) is 2. The van der Waals surface area contributed by atoms with E-state index in [0.29, 0.717) is 6.42 Å². The number of hydrogen-bond donors (Lipinski definition) is 1. The second kappa shape index (κ2) is 6.75. The highest BCUT2D eigenvalue weighted by Crippen LogP contribution is 2.34. The van der Waals surface area contributed by atoms with E-state index in [1.807, 2.05) is 47.8 Å². The second-order valence-electron chi connectivity index (χ2n) is 5.29. The minimum absolute atomic E-state index is 0.0418. The number of amides is 1. The Labute approximate surface area is 137 Å². The highest BCUT2D eigenvalue weighted by Gasteiger charge is 2.33. The van der Waals surface area contributed by atoms with Crippen LogP contribution >= 0.6 is 11.3 Å². The molecule has 118 valence electrons. The number of carbonyl (C=O) groups is 2. The van der Waals surface area contributed by atoms with Crippen LogP contribution in [-0.4, -0.2) is 27.7 Å². The van der Waals surface area contributed by atoms with Gasteiger partial charge in [0.05, 0.1) is 23.1 Å². The molecular formula is C17H16N2O3S. The van der Waals surface area contributed by atoms with Crippen molar-refractivity contribution in [3.8, 4) is 0 Å². The summed E-state index contributed by atoms with van der Waals surface area (Å²) < 4.78 is 0. The second-order valence-corrected chi connectivity index (χ2v) is 6.23. The lowest BCUT2D eigenvalue weighted by atomic mass is 10.0. The zero-order valence-corrected chi connectivity index (χ0v) is 13.2. The van der Waals surface area contributed by atoms with Gasteiger partial charge in [-0.2, -0.15) is 5.10 Å². The minimum Gasteiger partial charge on any atom is -0.481 e. The quantitative estimate of drug-likeness (QED) is 0.915. The predicted octanol–water partition coefficient (Wildman–Crippen LogP) is 3.29. The molecule has 1 aliphatic heterocycles. The SMILES string of the molecule is O=C(O)CCC(=O)N1N=C(c2cccs2)C[C@H]1c1ccccc1. The first-order chi connectivity index (χ1) is 11.1. The van der Waals surface area contributed by atoms with Crippen LogP contribution in [0.5, 0.6) is 0 Å². The highest BCUT2D eigenvalue weighted by molar-refractivity contribution is 7.12. The molecule has 1 N–H and O–H groups in total. The van der Waals surface area contributed by atoms with Crippen molar-refractivity contribution in [2.45, 2.75) is 25.3 Å². The molecule has 5 nitrogen and oxygen atoms in total. The zero-order chi connectivity index (χ0) is 16.2. The molecule has 6 heteroatoms. The number of rotatable bonds is 5. The largest absolute Gasteiger partial charge is 0.481 e. The molecule has 0 bridgehead atoms. The summed E-state index contributed by atoms with van der Waals surface area (Å²) in [7, 11) is 0. The molecule has 2 aromatic rings. The van der Waals surface area contributed by atoms with Crippen molar-refractivity contribution in [3.05, 3.63) is 58.3 Å². The summed E-state index contributed by atoms with van der Waals surface area (Å²) in [4.78, 5) is 24.2. The third-order valence-electron chi connectivity index (χ3n) is 3.71. The third-order valence-corrected chi connectivity index (χ3v) is 4.63. The molecule has 0 aliphatic carbocycles. The van der Waals surface area contributed by atoms with Crippen molar-refractivity contribution < 1.29 is 14.7 Å². The van der Waals surface area contributed by atoms with Crippen LogP contribution in [0.2, 0.25) is 0 Å². The predicted molar refractivity (Wildman–Crippen MR) is 88.4 cm³/mol. The molecule has 2 heterocycles. The van der Waals surface area contributed by atoms with Crippen molar-refractivity contribution in [1.29, 1.82) is 0 Å². The van der Waals surface area contributed by atoms with Crippen LogP contribution in [0.3, 0.4) is 0 Å². The Hall–Kier alpha value is -2.47. The van der Waals surface area contributed by atoms with Gasteiger partial charge in [0.2, 0.25) is 5.91 Å². The van der Waals surface area contributed by atoms with Crippen LogP contribution in [0.15, 0.2) is 52.9 Å². The summed E-state index contributed by atoms with van der Waals surface area (Å²) in [6.07, 6.45) is 0.421. The smallest absolute Gasteiger partial charge is 0.303 e. The number of hydrogen-bond acceptors (Lipinski definition) is 4. The average molecular weight is 328 g/mol. The first-order valence-corrected chi connectivity index (χ1v) is 8.23. The van der Waals surface area contributed by atoms with E-state index in [1.54, 1.807) is 11.3 Å². The number of carboxylic acids is 1. The average Bonchev–Trinajstić information content (AvgIpc) is 3.22. The first kappa shape index (κ1) is 15.4. The van der Waals surface area contributed by atoms with Gasteiger partial charge < -0.3 is 5.11 Å². The Morgan fingerprint density at radius 1 is 1.17 bits per heavy atom. The van der Waals surface area contributed by atoms with Gasteiger partial charge in [0.15, 0.2) is 0 Å². The molecule has 0 saturated carbocycles. The standard InChI is InChI=1S/C17H16N2O3S/c20-16(8-9-17(21)22)19-14(12-5-2-1-3-6-12)11-13(18-19)15-7-4-10-23-15/h1-7,10,14H,8-9,11H2,(H,21,22)/t14-/m0/s1. The van der Waals surface area contributed by atoms with Gasteiger partial charge in [-0.1, -0.05) is 36.4 Å². The van der Waals surface area contributed by atoms with Crippen molar-refractivity contribution >= 4 is 28.9 Å². The monoisotopic (exact) mass is 328 g/mol. The Balaban J connectivity index is 1.86. The lowest BCUT2D eigenvalue weighted by Crippen LogP contribution is -2.27. The fourth-order valence-corrected chi connectivity index (χ4v) is 3.32. The van der Waals surface area contributed by atoms with Crippen molar-refractivity contribution in [2.24, 2.45) is 5.10 Å². The molecule has 0 radical (unpaired) electrons. The Kier molecular flexibility index (Phi) is 4.52. The minimum atomic E-state index is -0.976. The molecule has 3 rings (SSSR count). The Morgan fingerprint density at radius 3 is 2.61 bits per heavy atom. The topological polar surface area (TPSA) is 70.0 Å². The number of hydrazone groups is 1. The zero-order valence-electron chi connectivity index (χ0n) is 12.4. The van der Waals surface area contributed by atoms with Crippen LogP contribution in [0.1, 0.15) is 35.7 Å². The van der Waals surface area contributed by atoms with E-state index in [4.69, 9.17) is 5.11 Å². The Morgan fingerprint density at radius 2 is 1.96 bits per heavy atom. The van der Waals surface area contributed by atoms with E-state index < -0.39 is 5.97 Å². The maximum atomic E-state index is 12.4. The number of aliphatic carboxylic acids is 1. The van der Waals surface area contributed by atoms with Crippen molar-refractivity contribution in [2.75, 3.05) is 0 Å². The molecule has 1 aromatic heterocycles. The number of carbonyl (C=O) groups excluding carboxylic acids is 1. The molecule has 23 heavy (non-hydrogen) atoms. The molecular weight excluding hydrogens is 312 g/mol. The van der Waals surface area contributed by atoms with Crippen LogP contribution in [0, 0.1) is 0 Å². The van der Waals surface area contributed by atoms with E-state index in [9.17, 15) is 9.59 Å². The third kappa shape index (κ3) is 3.48. The van der Waals surface area contributed by atoms with Gasteiger partial charge in [-0.25, -0.2) is 5.01 Å². The van der Waals surface area contributed by atoms with Crippen LogP contribution in [-0.2, 0) is 9.59 Å². The van der Waals surface area contributed by atoms with Crippen molar-refractivity contribution in [1.82, 2.24) is 5.01 Å². The van der Waals surface area contributed by atoms with Gasteiger partial charge in [-0.15, -0.1) is 11.3 Å². The maximum absolute atomic E-state index is 12.4. The lowest BCUT2D eigenvalue weighted by Gasteiger charge is -2.21. The van der Waals surface area contributed by atoms with E-state index >= 15 is 0 Å². The number of benzene rings is 1. The van der Waals surface area contributed by atoms with Gasteiger partial charge in [0, 0.05) is 12.8 Å². The summed E-state index contributed by atoms with van der Waals surface area (Å²) >= 11 is 1.59.